The first kappa shape index (κ1) is 24.7. The summed E-state index contributed by atoms with van der Waals surface area (Å²) in [6, 6.07) is 13.4. The van der Waals surface area contributed by atoms with E-state index in [-0.39, 0.29) is 11.5 Å². The van der Waals surface area contributed by atoms with Crippen LogP contribution in [0.1, 0.15) is 54.9 Å². The van der Waals surface area contributed by atoms with Gasteiger partial charge in [0.1, 0.15) is 5.82 Å². The molecule has 0 unspecified atom stereocenters. The molecule has 0 saturated carbocycles. The number of hydrogen-bond donors (Lipinski definition) is 0. The first-order chi connectivity index (χ1) is 17.5. The Labute approximate surface area is 210 Å². The lowest BCUT2D eigenvalue weighted by atomic mass is 10.0. The molecule has 8 heteroatoms. The van der Waals surface area contributed by atoms with E-state index in [1.807, 2.05) is 37.3 Å². The summed E-state index contributed by atoms with van der Waals surface area (Å²) in [7, 11) is 0. The van der Waals surface area contributed by atoms with Gasteiger partial charge in [-0.15, -0.1) is 0 Å². The summed E-state index contributed by atoms with van der Waals surface area (Å²) >= 11 is 0. The molecule has 0 aliphatic heterocycles. The summed E-state index contributed by atoms with van der Waals surface area (Å²) in [5, 5.41) is 9.41. The standard InChI is InChI=1S/C28H28N6O2/c1-4-6-11-26-24(14-20-12-13-25(30-16-20)23-10-8-7-9-21(23)15-29)27(35)34(19(3)33-26)28-31-17-22(18-32-28)36-5-2/h7-10,12-13,16-18H,4-6,11,14H2,1-3H3. The first-order valence-electron chi connectivity index (χ1n) is 12.1. The number of hydrogen-bond acceptors (Lipinski definition) is 7. The maximum atomic E-state index is 13.7. The van der Waals surface area contributed by atoms with Crippen molar-refractivity contribution >= 4 is 0 Å². The van der Waals surface area contributed by atoms with Gasteiger partial charge in [0.25, 0.3) is 5.56 Å². The number of pyridine rings is 1. The van der Waals surface area contributed by atoms with Crippen LogP contribution in [-0.4, -0.2) is 31.1 Å². The Balaban J connectivity index is 1.72. The Morgan fingerprint density at radius 1 is 1.03 bits per heavy atom. The van der Waals surface area contributed by atoms with Gasteiger partial charge in [0.2, 0.25) is 5.95 Å². The van der Waals surface area contributed by atoms with E-state index in [4.69, 9.17) is 9.72 Å². The van der Waals surface area contributed by atoms with Gasteiger partial charge in [0.15, 0.2) is 5.75 Å². The van der Waals surface area contributed by atoms with Gasteiger partial charge >= 0.3 is 0 Å². The minimum atomic E-state index is -0.184. The number of benzene rings is 1. The molecule has 0 radical (unpaired) electrons. The van der Waals surface area contributed by atoms with Gasteiger partial charge in [-0.05, 0) is 44.4 Å². The molecule has 4 rings (SSSR count). The second kappa shape index (κ2) is 11.4. The molecule has 8 nitrogen and oxygen atoms in total. The van der Waals surface area contributed by atoms with Crippen molar-refractivity contribution in [3.63, 3.8) is 0 Å². The van der Waals surface area contributed by atoms with Crippen molar-refractivity contribution < 1.29 is 4.74 Å². The van der Waals surface area contributed by atoms with E-state index in [1.54, 1.807) is 31.6 Å². The maximum Gasteiger partial charge on any atom is 0.264 e. The normalized spacial score (nSPS) is 10.7. The quantitative estimate of drug-likeness (QED) is 0.345. The SMILES string of the molecule is CCCCc1nc(C)n(-c2ncc(OCC)cn2)c(=O)c1Cc1ccc(-c2ccccc2C#N)nc1. The lowest BCUT2D eigenvalue weighted by Crippen LogP contribution is -2.29. The van der Waals surface area contributed by atoms with Gasteiger partial charge in [-0.3, -0.25) is 9.78 Å². The Hall–Kier alpha value is -4.38. The van der Waals surface area contributed by atoms with Crippen molar-refractivity contribution in [2.24, 2.45) is 0 Å². The van der Waals surface area contributed by atoms with Crippen LogP contribution in [0.15, 0.2) is 59.8 Å². The van der Waals surface area contributed by atoms with Gasteiger partial charge in [-0.25, -0.2) is 19.5 Å². The van der Waals surface area contributed by atoms with Gasteiger partial charge in [-0.1, -0.05) is 37.6 Å². The van der Waals surface area contributed by atoms with Crippen LogP contribution in [0, 0.1) is 18.3 Å². The number of unbranched alkanes of at least 4 members (excludes halogenated alkanes) is 1. The van der Waals surface area contributed by atoms with Crippen molar-refractivity contribution in [2.45, 2.75) is 46.5 Å². The molecule has 0 aliphatic rings. The summed E-state index contributed by atoms with van der Waals surface area (Å²) in [6.45, 7) is 6.30. The summed E-state index contributed by atoms with van der Waals surface area (Å²) in [5.74, 6) is 1.35. The summed E-state index contributed by atoms with van der Waals surface area (Å²) < 4.78 is 6.88. The monoisotopic (exact) mass is 480 g/mol. The van der Waals surface area contributed by atoms with Crippen LogP contribution in [0.4, 0.5) is 0 Å². The van der Waals surface area contributed by atoms with E-state index in [1.165, 1.54) is 4.57 Å². The fourth-order valence-corrected chi connectivity index (χ4v) is 4.04. The highest BCUT2D eigenvalue weighted by molar-refractivity contribution is 5.67. The molecule has 182 valence electrons. The smallest absolute Gasteiger partial charge is 0.264 e. The molecule has 0 spiro atoms. The third kappa shape index (κ3) is 5.31. The van der Waals surface area contributed by atoms with Crippen molar-refractivity contribution in [1.29, 1.82) is 5.26 Å². The highest BCUT2D eigenvalue weighted by Gasteiger charge is 2.18. The average molecular weight is 481 g/mol. The molecule has 1 aromatic carbocycles. The van der Waals surface area contributed by atoms with Crippen molar-refractivity contribution in [3.05, 3.63) is 93.6 Å². The fourth-order valence-electron chi connectivity index (χ4n) is 4.04. The third-order valence-corrected chi connectivity index (χ3v) is 5.85. The lowest BCUT2D eigenvalue weighted by Gasteiger charge is -2.15. The zero-order valence-electron chi connectivity index (χ0n) is 20.7. The van der Waals surface area contributed by atoms with E-state index in [0.29, 0.717) is 47.8 Å². The number of rotatable bonds is 9. The first-order valence-corrected chi connectivity index (χ1v) is 12.1. The topological polar surface area (TPSA) is 107 Å². The van der Waals surface area contributed by atoms with E-state index >= 15 is 0 Å². The molecule has 3 aromatic heterocycles. The van der Waals surface area contributed by atoms with E-state index in [0.717, 1.165) is 29.7 Å². The summed E-state index contributed by atoms with van der Waals surface area (Å²) in [4.78, 5) is 31.8. The molecule has 0 saturated heterocycles. The van der Waals surface area contributed by atoms with Gasteiger partial charge in [0.05, 0.1) is 42.0 Å². The fraction of sp³-hybridized carbons (Fsp3) is 0.286. The molecule has 0 amide bonds. The molecule has 0 atom stereocenters. The summed E-state index contributed by atoms with van der Waals surface area (Å²) in [6.07, 6.45) is 7.91. The Morgan fingerprint density at radius 3 is 2.47 bits per heavy atom. The Bertz CT molecular complexity index is 1440. The van der Waals surface area contributed by atoms with Crippen LogP contribution in [-0.2, 0) is 12.8 Å². The molecular weight excluding hydrogens is 452 g/mol. The van der Waals surface area contributed by atoms with Crippen LogP contribution in [0.3, 0.4) is 0 Å². The van der Waals surface area contributed by atoms with E-state index in [9.17, 15) is 10.1 Å². The van der Waals surface area contributed by atoms with Gasteiger partial charge in [0, 0.05) is 23.7 Å². The van der Waals surface area contributed by atoms with Crippen molar-refractivity contribution in [1.82, 2.24) is 24.5 Å². The highest BCUT2D eigenvalue weighted by Crippen LogP contribution is 2.22. The number of ether oxygens (including phenoxy) is 1. The second-order valence-electron chi connectivity index (χ2n) is 8.37. The number of nitrogens with zero attached hydrogens (tertiary/aromatic N) is 6. The predicted molar refractivity (Wildman–Crippen MR) is 137 cm³/mol. The summed E-state index contributed by atoms with van der Waals surface area (Å²) in [5.41, 5.74) is 4.16. The number of aromatic nitrogens is 5. The molecule has 0 fully saturated rings. The maximum absolute atomic E-state index is 13.7. The van der Waals surface area contributed by atoms with Crippen LogP contribution < -0.4 is 10.3 Å². The largest absolute Gasteiger partial charge is 0.491 e. The molecule has 0 bridgehead atoms. The van der Waals surface area contributed by atoms with Gasteiger partial charge < -0.3 is 4.74 Å². The van der Waals surface area contributed by atoms with Crippen molar-refractivity contribution in [3.8, 4) is 29.0 Å². The van der Waals surface area contributed by atoms with Crippen LogP contribution in [0.5, 0.6) is 5.75 Å². The number of aryl methyl sites for hydroxylation is 2. The zero-order chi connectivity index (χ0) is 25.5. The zero-order valence-corrected chi connectivity index (χ0v) is 20.7. The molecule has 3 heterocycles. The molecule has 0 N–H and O–H groups in total. The second-order valence-corrected chi connectivity index (χ2v) is 8.37. The molecule has 36 heavy (non-hydrogen) atoms. The minimum Gasteiger partial charge on any atom is -0.491 e. The molecule has 0 aliphatic carbocycles. The molecular formula is C28H28N6O2. The van der Waals surface area contributed by atoms with Gasteiger partial charge in [-0.2, -0.15) is 5.26 Å². The van der Waals surface area contributed by atoms with Crippen molar-refractivity contribution in [2.75, 3.05) is 6.61 Å². The lowest BCUT2D eigenvalue weighted by molar-refractivity contribution is 0.337. The van der Waals surface area contributed by atoms with Crippen LogP contribution in [0.2, 0.25) is 0 Å². The number of nitriles is 1. The predicted octanol–water partition coefficient (Wildman–Crippen LogP) is 4.60. The minimum absolute atomic E-state index is 0.184. The van der Waals surface area contributed by atoms with Crippen LogP contribution >= 0.6 is 0 Å². The molecule has 4 aromatic rings. The Morgan fingerprint density at radius 2 is 1.81 bits per heavy atom. The highest BCUT2D eigenvalue weighted by atomic mass is 16.5. The Kier molecular flexibility index (Phi) is 7.81. The third-order valence-electron chi connectivity index (χ3n) is 5.85. The van der Waals surface area contributed by atoms with E-state index < -0.39 is 0 Å². The van der Waals surface area contributed by atoms with Crippen LogP contribution in [0.25, 0.3) is 17.2 Å². The average Bonchev–Trinajstić information content (AvgIpc) is 2.91. The van der Waals surface area contributed by atoms with E-state index in [2.05, 4.69) is 27.9 Å².